The third kappa shape index (κ3) is 3.84. The fourth-order valence-corrected chi connectivity index (χ4v) is 3.62. The van der Waals surface area contributed by atoms with Gasteiger partial charge in [0.15, 0.2) is 0 Å². The van der Waals surface area contributed by atoms with Crippen molar-refractivity contribution in [3.05, 3.63) is 59.9 Å². The normalized spacial score (nSPS) is 17.0. The van der Waals surface area contributed by atoms with Crippen molar-refractivity contribution >= 4 is 17.6 Å². The summed E-state index contributed by atoms with van der Waals surface area (Å²) in [6, 6.07) is 11.8. The zero-order valence-corrected chi connectivity index (χ0v) is 15.9. The number of rotatable bonds is 5. The van der Waals surface area contributed by atoms with Gasteiger partial charge in [-0.05, 0) is 29.3 Å². The molecule has 7 nitrogen and oxygen atoms in total. The number of hydrogen-bond acceptors (Lipinski definition) is 4. The van der Waals surface area contributed by atoms with E-state index in [9.17, 15) is 9.59 Å². The maximum Gasteiger partial charge on any atom is 0.321 e. The summed E-state index contributed by atoms with van der Waals surface area (Å²) in [4.78, 5) is 31.9. The zero-order valence-electron chi connectivity index (χ0n) is 15.9. The summed E-state index contributed by atoms with van der Waals surface area (Å²) in [5.74, 6) is 0.743. The second-order valence-electron chi connectivity index (χ2n) is 7.37. The van der Waals surface area contributed by atoms with Crippen molar-refractivity contribution in [2.24, 2.45) is 0 Å². The molecule has 0 saturated carbocycles. The molecule has 0 aliphatic carbocycles. The molecule has 0 unspecified atom stereocenters. The molecule has 146 valence electrons. The van der Waals surface area contributed by atoms with E-state index in [1.165, 1.54) is 18.2 Å². The Balaban J connectivity index is 1.24. The third-order valence-corrected chi connectivity index (χ3v) is 5.46. The summed E-state index contributed by atoms with van der Waals surface area (Å²) < 4.78 is 4.88. The largest absolute Gasteiger partial charge is 0.375 e. The molecule has 3 heterocycles. The summed E-state index contributed by atoms with van der Waals surface area (Å²) >= 11 is 0. The minimum absolute atomic E-state index is 0.0294. The van der Waals surface area contributed by atoms with E-state index in [1.807, 2.05) is 36.5 Å². The number of nitrogens with one attached hydrogen (secondary N) is 1. The quantitative estimate of drug-likeness (QED) is 0.864. The number of carbonyl (C=O) groups is 2. The van der Waals surface area contributed by atoms with Crippen LogP contribution in [-0.4, -0.2) is 66.6 Å². The van der Waals surface area contributed by atoms with Gasteiger partial charge in [-0.1, -0.05) is 18.2 Å². The lowest BCUT2D eigenvalue weighted by molar-refractivity contribution is -0.139. The number of aromatic nitrogens is 1. The van der Waals surface area contributed by atoms with Crippen molar-refractivity contribution < 1.29 is 14.3 Å². The Hall–Kier alpha value is -2.93. The van der Waals surface area contributed by atoms with Crippen LogP contribution in [0.2, 0.25) is 0 Å². The lowest BCUT2D eigenvalue weighted by atomic mass is 9.91. The topological polar surface area (TPSA) is 74.8 Å². The van der Waals surface area contributed by atoms with Crippen molar-refractivity contribution in [1.29, 1.82) is 0 Å². The van der Waals surface area contributed by atoms with Crippen LogP contribution in [0.15, 0.2) is 48.8 Å². The summed E-state index contributed by atoms with van der Waals surface area (Å²) in [7, 11) is 1.53. The zero-order chi connectivity index (χ0) is 19.5. The Labute approximate surface area is 164 Å². The number of urea groups is 1. The molecule has 0 atom stereocenters. The molecule has 7 heteroatoms. The lowest BCUT2D eigenvalue weighted by Crippen LogP contribution is -2.50. The first kappa shape index (κ1) is 18.4. The van der Waals surface area contributed by atoms with Gasteiger partial charge in [0.1, 0.15) is 6.61 Å². The fraction of sp³-hybridized carbons (Fsp3) is 0.381. The van der Waals surface area contributed by atoms with Crippen LogP contribution in [0, 0.1) is 0 Å². The number of benzene rings is 1. The summed E-state index contributed by atoms with van der Waals surface area (Å²) in [5, 5.41) is 2.95. The first-order valence-corrected chi connectivity index (χ1v) is 9.46. The molecular weight excluding hydrogens is 356 g/mol. The molecular formula is C21H24N4O3. The van der Waals surface area contributed by atoms with Gasteiger partial charge in [0, 0.05) is 63.2 Å². The van der Waals surface area contributed by atoms with E-state index in [0.29, 0.717) is 24.9 Å². The Morgan fingerprint density at radius 2 is 1.71 bits per heavy atom. The number of anilines is 1. The Morgan fingerprint density at radius 3 is 2.36 bits per heavy atom. The Kier molecular flexibility index (Phi) is 5.25. The van der Waals surface area contributed by atoms with Gasteiger partial charge in [0.2, 0.25) is 5.91 Å². The predicted molar refractivity (Wildman–Crippen MR) is 105 cm³/mol. The molecule has 3 amide bonds. The van der Waals surface area contributed by atoms with Crippen molar-refractivity contribution in [3.63, 3.8) is 0 Å². The molecule has 1 aromatic carbocycles. The molecule has 0 radical (unpaired) electrons. The number of nitrogens with zero attached hydrogens (tertiary/aromatic N) is 3. The first-order chi connectivity index (χ1) is 13.6. The van der Waals surface area contributed by atoms with Crippen LogP contribution in [0.3, 0.4) is 0 Å². The van der Waals surface area contributed by atoms with Gasteiger partial charge in [0.25, 0.3) is 0 Å². The molecule has 28 heavy (non-hydrogen) atoms. The Bertz CT molecular complexity index is 828. The van der Waals surface area contributed by atoms with Crippen molar-refractivity contribution in [2.75, 3.05) is 45.2 Å². The van der Waals surface area contributed by atoms with E-state index in [4.69, 9.17) is 4.74 Å². The van der Waals surface area contributed by atoms with Gasteiger partial charge in [-0.25, -0.2) is 4.79 Å². The number of hydrogen-bond donors (Lipinski definition) is 1. The van der Waals surface area contributed by atoms with Crippen LogP contribution in [-0.2, 0) is 9.53 Å². The fourth-order valence-electron chi connectivity index (χ4n) is 3.62. The Morgan fingerprint density at radius 1 is 1.04 bits per heavy atom. The van der Waals surface area contributed by atoms with E-state index < -0.39 is 0 Å². The van der Waals surface area contributed by atoms with E-state index in [2.05, 4.69) is 16.4 Å². The molecule has 1 aromatic heterocycles. The lowest BCUT2D eigenvalue weighted by Gasteiger charge is -2.40. The van der Waals surface area contributed by atoms with E-state index in [1.54, 1.807) is 16.0 Å². The van der Waals surface area contributed by atoms with Crippen molar-refractivity contribution in [1.82, 2.24) is 14.8 Å². The molecule has 1 N–H and O–H groups in total. The van der Waals surface area contributed by atoms with Crippen LogP contribution in [0.25, 0.3) is 0 Å². The third-order valence-electron chi connectivity index (χ3n) is 5.46. The number of ether oxygens (including phenoxy) is 1. The first-order valence-electron chi connectivity index (χ1n) is 9.46. The number of likely N-dealkylation sites (tertiary alicyclic amines) is 2. The standard InChI is InChI=1S/C21H24N4O3/c1-28-14-20(26)24-10-17(11-24)15-4-6-19(7-5-15)23-21(27)25-12-18(13-25)16-3-2-8-22-9-16/h2-9,17-18H,10-14H2,1H3,(H,23,27). The molecule has 2 aromatic rings. The minimum atomic E-state index is -0.0760. The van der Waals surface area contributed by atoms with Gasteiger partial charge < -0.3 is 19.9 Å². The minimum Gasteiger partial charge on any atom is -0.375 e. The maximum absolute atomic E-state index is 12.4. The van der Waals surface area contributed by atoms with E-state index in [0.717, 1.165) is 18.8 Å². The number of amides is 3. The molecule has 2 aliphatic rings. The van der Waals surface area contributed by atoms with E-state index >= 15 is 0 Å². The molecule has 4 rings (SSSR count). The smallest absolute Gasteiger partial charge is 0.321 e. The van der Waals surface area contributed by atoms with Gasteiger partial charge in [0.05, 0.1) is 0 Å². The number of pyridine rings is 1. The number of carbonyl (C=O) groups excluding carboxylic acids is 2. The summed E-state index contributed by atoms with van der Waals surface area (Å²) in [6.07, 6.45) is 3.62. The average Bonchev–Trinajstić information content (AvgIpc) is 2.62. The molecule has 2 aliphatic heterocycles. The molecule has 2 fully saturated rings. The van der Waals surface area contributed by atoms with Crippen LogP contribution >= 0.6 is 0 Å². The SMILES string of the molecule is COCC(=O)N1CC(c2ccc(NC(=O)N3CC(c4cccnc4)C3)cc2)C1. The highest BCUT2D eigenvalue weighted by molar-refractivity contribution is 5.90. The summed E-state index contributed by atoms with van der Waals surface area (Å²) in [6.45, 7) is 3.00. The highest BCUT2D eigenvalue weighted by Crippen LogP contribution is 2.29. The summed E-state index contributed by atoms with van der Waals surface area (Å²) in [5.41, 5.74) is 3.14. The average molecular weight is 380 g/mol. The van der Waals surface area contributed by atoms with Crippen LogP contribution in [0.1, 0.15) is 23.0 Å². The van der Waals surface area contributed by atoms with Crippen molar-refractivity contribution in [2.45, 2.75) is 11.8 Å². The second-order valence-corrected chi connectivity index (χ2v) is 7.37. The van der Waals surface area contributed by atoms with Crippen molar-refractivity contribution in [3.8, 4) is 0 Å². The highest BCUT2D eigenvalue weighted by atomic mass is 16.5. The van der Waals surface area contributed by atoms with Gasteiger partial charge in [-0.3, -0.25) is 9.78 Å². The second kappa shape index (κ2) is 7.98. The van der Waals surface area contributed by atoms with Gasteiger partial charge >= 0.3 is 6.03 Å². The highest BCUT2D eigenvalue weighted by Gasteiger charge is 2.33. The predicted octanol–water partition coefficient (Wildman–Crippen LogP) is 2.29. The number of methoxy groups -OCH3 is 1. The molecule has 0 bridgehead atoms. The molecule has 2 saturated heterocycles. The van der Waals surface area contributed by atoms with Gasteiger partial charge in [-0.2, -0.15) is 0 Å². The maximum atomic E-state index is 12.4. The van der Waals surface area contributed by atoms with Gasteiger partial charge in [-0.15, -0.1) is 0 Å². The van der Waals surface area contributed by atoms with Crippen LogP contribution in [0.5, 0.6) is 0 Å². The van der Waals surface area contributed by atoms with Crippen LogP contribution < -0.4 is 5.32 Å². The monoisotopic (exact) mass is 380 g/mol. The molecule has 0 spiro atoms. The van der Waals surface area contributed by atoms with E-state index in [-0.39, 0.29) is 18.5 Å². The van der Waals surface area contributed by atoms with Crippen LogP contribution in [0.4, 0.5) is 10.5 Å².